The van der Waals surface area contributed by atoms with Crippen molar-refractivity contribution in [2.24, 2.45) is 0 Å². The van der Waals surface area contributed by atoms with E-state index in [1.807, 2.05) is 0 Å². The van der Waals surface area contributed by atoms with Gasteiger partial charge in [-0.25, -0.2) is 14.4 Å². The first-order valence-corrected chi connectivity index (χ1v) is 8.41. The fraction of sp³-hybridized carbons (Fsp3) is 0.400. The Hall–Kier alpha value is -2.80. The number of rotatable bonds is 8. The van der Waals surface area contributed by atoms with Crippen LogP contribution in [0, 0.1) is 0 Å². The van der Waals surface area contributed by atoms with Crippen LogP contribution in [0.2, 0.25) is 0 Å². The van der Waals surface area contributed by atoms with Gasteiger partial charge in [-0.3, -0.25) is 4.79 Å². The van der Waals surface area contributed by atoms with Crippen molar-refractivity contribution < 1.29 is 33.4 Å². The molecule has 1 heterocycles. The van der Waals surface area contributed by atoms with E-state index in [-0.39, 0.29) is 29.1 Å². The van der Waals surface area contributed by atoms with Gasteiger partial charge in [0, 0.05) is 18.1 Å². The molecule has 0 fully saturated rings. The van der Waals surface area contributed by atoms with Crippen molar-refractivity contribution in [3.05, 3.63) is 47.5 Å². The van der Waals surface area contributed by atoms with Gasteiger partial charge in [-0.15, -0.1) is 0 Å². The zero-order chi connectivity index (χ0) is 20.4. The third kappa shape index (κ3) is 4.68. The molecule has 7 nitrogen and oxygen atoms in total. The summed E-state index contributed by atoms with van der Waals surface area (Å²) in [6.45, 7) is 10.2. The van der Waals surface area contributed by atoms with E-state index < -0.39 is 29.1 Å². The topological polar surface area (TPSA) is 96.0 Å². The van der Waals surface area contributed by atoms with Crippen LogP contribution in [0.25, 0.3) is 0 Å². The molecule has 0 unspecified atom stereocenters. The summed E-state index contributed by atoms with van der Waals surface area (Å²) in [6.07, 6.45) is 1.45. The number of ether oxygens (including phenoxy) is 3. The third-order valence-electron chi connectivity index (χ3n) is 4.16. The van der Waals surface area contributed by atoms with Gasteiger partial charge in [0.25, 0.3) is 0 Å². The summed E-state index contributed by atoms with van der Waals surface area (Å²) in [5.74, 6) is -2.37. The SMILES string of the molecule is C=CC(=O)OC(C)(C)CCOC(C)(C)C(=O)c1ccc2c(c1)C(=O)OC2=O. The van der Waals surface area contributed by atoms with E-state index in [1.54, 1.807) is 27.7 Å². The molecule has 1 aliphatic heterocycles. The number of carbonyl (C=O) groups is 4. The average Bonchev–Trinajstić information content (AvgIpc) is 2.87. The Morgan fingerprint density at radius 1 is 1.11 bits per heavy atom. The number of cyclic esters (lactones) is 2. The Kier molecular flexibility index (Phi) is 5.65. The van der Waals surface area contributed by atoms with E-state index in [0.717, 1.165) is 6.08 Å². The largest absolute Gasteiger partial charge is 0.456 e. The molecule has 0 saturated heterocycles. The van der Waals surface area contributed by atoms with Crippen molar-refractivity contribution in [1.82, 2.24) is 0 Å². The van der Waals surface area contributed by atoms with Crippen LogP contribution in [-0.4, -0.2) is 41.5 Å². The molecule has 0 N–H and O–H groups in total. The summed E-state index contributed by atoms with van der Waals surface area (Å²) in [6, 6.07) is 4.19. The van der Waals surface area contributed by atoms with Gasteiger partial charge < -0.3 is 14.2 Å². The van der Waals surface area contributed by atoms with Crippen LogP contribution in [0.15, 0.2) is 30.9 Å². The molecule has 0 aliphatic carbocycles. The van der Waals surface area contributed by atoms with Gasteiger partial charge in [-0.2, -0.15) is 0 Å². The summed E-state index contributed by atoms with van der Waals surface area (Å²) in [4.78, 5) is 47.3. The minimum Gasteiger partial charge on any atom is -0.456 e. The predicted octanol–water partition coefficient (Wildman–Crippen LogP) is 2.87. The number of hydrogen-bond acceptors (Lipinski definition) is 7. The van der Waals surface area contributed by atoms with Crippen molar-refractivity contribution in [2.45, 2.75) is 45.3 Å². The fourth-order valence-electron chi connectivity index (χ4n) is 2.56. The maximum Gasteiger partial charge on any atom is 0.346 e. The van der Waals surface area contributed by atoms with Crippen molar-refractivity contribution in [2.75, 3.05) is 6.61 Å². The smallest absolute Gasteiger partial charge is 0.346 e. The fourth-order valence-corrected chi connectivity index (χ4v) is 2.56. The van der Waals surface area contributed by atoms with Crippen molar-refractivity contribution in [3.8, 4) is 0 Å². The summed E-state index contributed by atoms with van der Waals surface area (Å²) in [5.41, 5.74) is -1.51. The van der Waals surface area contributed by atoms with E-state index >= 15 is 0 Å². The second-order valence-electron chi connectivity index (χ2n) is 7.26. The number of carbonyl (C=O) groups excluding carboxylic acids is 4. The zero-order valence-electron chi connectivity index (χ0n) is 15.8. The van der Waals surface area contributed by atoms with Gasteiger partial charge in [0.2, 0.25) is 0 Å². The lowest BCUT2D eigenvalue weighted by atomic mass is 9.94. The van der Waals surface area contributed by atoms with E-state index in [9.17, 15) is 19.2 Å². The van der Waals surface area contributed by atoms with Gasteiger partial charge in [0.1, 0.15) is 11.2 Å². The first-order valence-electron chi connectivity index (χ1n) is 8.41. The number of benzene rings is 1. The minimum absolute atomic E-state index is 0.0686. The van der Waals surface area contributed by atoms with Crippen LogP contribution in [0.3, 0.4) is 0 Å². The van der Waals surface area contributed by atoms with E-state index in [1.165, 1.54) is 18.2 Å². The first kappa shape index (κ1) is 20.5. The molecule has 7 heteroatoms. The monoisotopic (exact) mass is 374 g/mol. The van der Waals surface area contributed by atoms with Crippen LogP contribution in [0.5, 0.6) is 0 Å². The third-order valence-corrected chi connectivity index (χ3v) is 4.16. The second-order valence-corrected chi connectivity index (χ2v) is 7.26. The molecule has 1 aromatic carbocycles. The highest BCUT2D eigenvalue weighted by atomic mass is 16.6. The van der Waals surface area contributed by atoms with Gasteiger partial charge in [-0.1, -0.05) is 12.6 Å². The van der Waals surface area contributed by atoms with Gasteiger partial charge in [-0.05, 0) is 39.8 Å². The molecule has 0 atom stereocenters. The van der Waals surface area contributed by atoms with Gasteiger partial charge in [0.05, 0.1) is 17.7 Å². The summed E-state index contributed by atoms with van der Waals surface area (Å²) >= 11 is 0. The van der Waals surface area contributed by atoms with Crippen molar-refractivity contribution in [3.63, 3.8) is 0 Å². The highest BCUT2D eigenvalue weighted by Gasteiger charge is 2.34. The molecule has 0 saturated carbocycles. The predicted molar refractivity (Wildman–Crippen MR) is 95.5 cm³/mol. The quantitative estimate of drug-likeness (QED) is 0.299. The number of fused-ring (bicyclic) bond motifs is 1. The molecular formula is C20H22O7. The molecule has 27 heavy (non-hydrogen) atoms. The molecule has 1 aromatic rings. The molecule has 0 spiro atoms. The maximum absolute atomic E-state index is 12.8. The molecule has 2 rings (SSSR count). The highest BCUT2D eigenvalue weighted by Crippen LogP contribution is 2.25. The first-order chi connectivity index (χ1) is 12.5. The average molecular weight is 374 g/mol. The number of ketones is 1. The lowest BCUT2D eigenvalue weighted by molar-refractivity contribution is -0.152. The molecule has 0 aromatic heterocycles. The second kappa shape index (κ2) is 7.44. The van der Waals surface area contributed by atoms with Crippen LogP contribution in [-0.2, 0) is 19.0 Å². The number of esters is 3. The number of hydrogen-bond donors (Lipinski definition) is 0. The Morgan fingerprint density at radius 3 is 2.37 bits per heavy atom. The Morgan fingerprint density at radius 2 is 1.74 bits per heavy atom. The molecule has 0 radical (unpaired) electrons. The summed E-state index contributed by atoms with van der Waals surface area (Å²) in [7, 11) is 0. The van der Waals surface area contributed by atoms with Crippen molar-refractivity contribution >= 4 is 23.7 Å². The minimum atomic E-state index is -1.18. The molecule has 0 bridgehead atoms. The summed E-state index contributed by atoms with van der Waals surface area (Å²) in [5, 5.41) is 0. The lowest BCUT2D eigenvalue weighted by Crippen LogP contribution is -2.37. The maximum atomic E-state index is 12.8. The molecule has 0 amide bonds. The van der Waals surface area contributed by atoms with Crippen LogP contribution in [0.1, 0.15) is 65.2 Å². The summed E-state index contributed by atoms with van der Waals surface area (Å²) < 4.78 is 15.5. The Bertz CT molecular complexity index is 818. The van der Waals surface area contributed by atoms with Gasteiger partial charge >= 0.3 is 17.9 Å². The molecule has 144 valence electrons. The lowest BCUT2D eigenvalue weighted by Gasteiger charge is -2.28. The van der Waals surface area contributed by atoms with E-state index in [0.29, 0.717) is 6.42 Å². The van der Waals surface area contributed by atoms with Gasteiger partial charge in [0.15, 0.2) is 5.78 Å². The van der Waals surface area contributed by atoms with Crippen LogP contribution in [0.4, 0.5) is 0 Å². The molecule has 1 aliphatic rings. The number of Topliss-reactive ketones (excluding diaryl/α,β-unsaturated/α-hetero) is 1. The van der Waals surface area contributed by atoms with E-state index in [2.05, 4.69) is 11.3 Å². The van der Waals surface area contributed by atoms with Crippen LogP contribution >= 0.6 is 0 Å². The highest BCUT2D eigenvalue weighted by molar-refractivity contribution is 6.16. The van der Waals surface area contributed by atoms with E-state index in [4.69, 9.17) is 9.47 Å². The molecular weight excluding hydrogens is 352 g/mol. The van der Waals surface area contributed by atoms with Crippen LogP contribution < -0.4 is 0 Å². The Balaban J connectivity index is 2.04. The standard InChI is InChI=1S/C20H22O7/c1-6-15(21)27-19(2,3)9-10-25-20(4,5)16(22)12-7-8-13-14(11-12)18(24)26-17(13)23/h6-8,11H,1,9-10H2,2-5H3. The Labute approximate surface area is 157 Å². The van der Waals surface area contributed by atoms with Crippen molar-refractivity contribution in [1.29, 1.82) is 0 Å². The normalized spacial score (nSPS) is 13.8. The zero-order valence-corrected chi connectivity index (χ0v) is 15.8.